The highest BCUT2D eigenvalue weighted by Crippen LogP contribution is 2.48. The van der Waals surface area contributed by atoms with Gasteiger partial charge in [0.15, 0.2) is 0 Å². The van der Waals surface area contributed by atoms with E-state index < -0.39 is 0 Å². The molecule has 2 nitrogen and oxygen atoms in total. The first-order chi connectivity index (χ1) is 31.7. The molecule has 0 aromatic heterocycles. The number of hydrogen-bond donors (Lipinski definition) is 0. The van der Waals surface area contributed by atoms with Crippen LogP contribution >= 0.6 is 0 Å². The Balaban J connectivity index is 0.985. The fourth-order valence-corrected chi connectivity index (χ4v) is 11.0. The number of rotatable bonds is 6. The zero-order valence-electron chi connectivity index (χ0n) is 34.8. The average Bonchev–Trinajstić information content (AvgIpc) is 3.36. The molecule has 0 N–H and O–H groups in total. The largest absolute Gasteiger partial charge is 0.310 e. The first-order valence-electron chi connectivity index (χ1n) is 22.2. The quantitative estimate of drug-likeness (QED) is 0.154. The molecule has 0 atom stereocenters. The molecule has 0 aliphatic rings. The van der Waals surface area contributed by atoms with Gasteiger partial charge in [-0.1, -0.05) is 170 Å². The van der Waals surface area contributed by atoms with Gasteiger partial charge in [-0.2, -0.15) is 0 Å². The van der Waals surface area contributed by atoms with Gasteiger partial charge in [-0.05, 0) is 147 Å². The Kier molecular flexibility index (Phi) is 7.43. The fourth-order valence-electron chi connectivity index (χ4n) is 11.0. The van der Waals surface area contributed by atoms with E-state index in [0.29, 0.717) is 0 Å². The minimum atomic E-state index is 1.12. The van der Waals surface area contributed by atoms with Gasteiger partial charge in [-0.3, -0.25) is 0 Å². The maximum absolute atomic E-state index is 2.45. The molecule has 0 heterocycles. The van der Waals surface area contributed by atoms with Crippen LogP contribution in [0.15, 0.2) is 231 Å². The lowest BCUT2D eigenvalue weighted by Crippen LogP contribution is -2.11. The van der Waals surface area contributed by atoms with Crippen molar-refractivity contribution < 1.29 is 0 Å². The molecule has 14 aromatic rings. The van der Waals surface area contributed by atoms with Crippen LogP contribution in [0.2, 0.25) is 0 Å². The van der Waals surface area contributed by atoms with Crippen molar-refractivity contribution in [2.75, 3.05) is 9.80 Å². The maximum atomic E-state index is 2.45. The molecule has 0 saturated carbocycles. The van der Waals surface area contributed by atoms with E-state index in [9.17, 15) is 0 Å². The van der Waals surface area contributed by atoms with Gasteiger partial charge in [-0.25, -0.2) is 0 Å². The molecule has 296 valence electrons. The number of anilines is 6. The van der Waals surface area contributed by atoms with Crippen molar-refractivity contribution in [3.05, 3.63) is 231 Å². The monoisotopic (exact) mass is 810 g/mol. The second-order valence-corrected chi connectivity index (χ2v) is 17.2. The van der Waals surface area contributed by atoms with Crippen molar-refractivity contribution >= 4 is 131 Å². The Labute approximate surface area is 369 Å². The third kappa shape index (κ3) is 5.08. The van der Waals surface area contributed by atoms with E-state index in [2.05, 4.69) is 240 Å². The lowest BCUT2D eigenvalue weighted by molar-refractivity contribution is 1.30. The summed E-state index contributed by atoms with van der Waals surface area (Å²) in [4.78, 5) is 4.89. The summed E-state index contributed by atoms with van der Waals surface area (Å²) < 4.78 is 0. The normalized spacial score (nSPS) is 12.1. The number of nitrogens with zero attached hydrogens (tertiary/aromatic N) is 2. The van der Waals surface area contributed by atoms with E-state index in [1.165, 1.54) is 108 Å². The van der Waals surface area contributed by atoms with Crippen LogP contribution < -0.4 is 9.80 Å². The Hall–Kier alpha value is -8.46. The van der Waals surface area contributed by atoms with E-state index in [1.54, 1.807) is 0 Å². The molecule has 0 aliphatic heterocycles. The molecule has 0 unspecified atom stereocenters. The number of fused-ring (bicyclic) bond motifs is 6. The molecule has 0 fully saturated rings. The van der Waals surface area contributed by atoms with E-state index >= 15 is 0 Å². The Bertz CT molecular complexity index is 3810. The molecule has 0 amide bonds. The molecule has 0 spiro atoms. The summed E-state index contributed by atoms with van der Waals surface area (Å²) in [6.45, 7) is 0. The van der Waals surface area contributed by atoms with Gasteiger partial charge >= 0.3 is 0 Å². The van der Waals surface area contributed by atoms with Crippen LogP contribution in [0.1, 0.15) is 0 Å². The lowest BCUT2D eigenvalue weighted by atomic mass is 9.92. The van der Waals surface area contributed by atoms with Crippen LogP contribution in [0.4, 0.5) is 34.1 Å². The zero-order chi connectivity index (χ0) is 41.9. The summed E-state index contributed by atoms with van der Waals surface area (Å²) in [6, 6.07) is 85.5. The highest BCUT2D eigenvalue weighted by molar-refractivity contribution is 6.29. The predicted molar refractivity (Wildman–Crippen MR) is 276 cm³/mol. The average molecular weight is 811 g/mol. The summed E-state index contributed by atoms with van der Waals surface area (Å²) in [5.74, 6) is 0. The molecule has 2 heteroatoms. The number of benzene rings is 14. The first-order valence-corrected chi connectivity index (χ1v) is 22.2. The van der Waals surface area contributed by atoms with Crippen LogP contribution in [-0.4, -0.2) is 0 Å². The summed E-state index contributed by atoms with van der Waals surface area (Å²) in [6.07, 6.45) is 0. The molecule has 0 saturated heterocycles. The van der Waals surface area contributed by atoms with Crippen LogP contribution in [0, 0.1) is 0 Å². The van der Waals surface area contributed by atoms with Crippen molar-refractivity contribution in [3.63, 3.8) is 0 Å². The lowest BCUT2D eigenvalue weighted by Gasteiger charge is -2.29. The van der Waals surface area contributed by atoms with Crippen molar-refractivity contribution in [1.82, 2.24) is 0 Å². The standard InChI is InChI=1S/C62H38N2/c1-3-15-45(16-4-1)63(57-35-27-43-23-21-39-11-9-13-41-25-31-53(57)61(43)59(39)41)47-29-33-51-52-34-30-48(38-56(52)50-20-8-7-19-49(50)55(51)37-47)64(46-17-5-2-6-18-46)58-36-28-44-24-22-40-12-10-14-42-26-32-54(58)62(44)60(40)42/h1-38H. The molecular formula is C62H38N2. The van der Waals surface area contributed by atoms with Crippen molar-refractivity contribution in [2.24, 2.45) is 0 Å². The van der Waals surface area contributed by atoms with E-state index in [4.69, 9.17) is 0 Å². The van der Waals surface area contributed by atoms with E-state index in [-0.39, 0.29) is 0 Å². The van der Waals surface area contributed by atoms with E-state index in [1.807, 2.05) is 0 Å². The van der Waals surface area contributed by atoms with E-state index in [0.717, 1.165) is 22.7 Å². The van der Waals surface area contributed by atoms with Gasteiger partial charge in [0.2, 0.25) is 0 Å². The number of para-hydroxylation sites is 2. The molecule has 14 aromatic carbocycles. The Morgan fingerprint density at radius 1 is 0.188 bits per heavy atom. The first kappa shape index (κ1) is 35.2. The van der Waals surface area contributed by atoms with Gasteiger partial charge < -0.3 is 9.80 Å². The van der Waals surface area contributed by atoms with Crippen molar-refractivity contribution in [3.8, 4) is 0 Å². The highest BCUT2D eigenvalue weighted by atomic mass is 15.1. The summed E-state index contributed by atoms with van der Waals surface area (Å²) >= 11 is 0. The summed E-state index contributed by atoms with van der Waals surface area (Å²) in [5, 5.41) is 22.8. The molecule has 0 aliphatic carbocycles. The Morgan fingerprint density at radius 3 is 0.938 bits per heavy atom. The summed E-state index contributed by atoms with van der Waals surface area (Å²) in [5.41, 5.74) is 6.83. The molecule has 64 heavy (non-hydrogen) atoms. The van der Waals surface area contributed by atoms with Crippen molar-refractivity contribution in [1.29, 1.82) is 0 Å². The minimum absolute atomic E-state index is 1.12. The highest BCUT2D eigenvalue weighted by Gasteiger charge is 2.22. The third-order valence-electron chi connectivity index (χ3n) is 13.8. The summed E-state index contributed by atoms with van der Waals surface area (Å²) in [7, 11) is 0. The Morgan fingerprint density at radius 2 is 0.516 bits per heavy atom. The van der Waals surface area contributed by atoms with Crippen LogP contribution in [-0.2, 0) is 0 Å². The van der Waals surface area contributed by atoms with Gasteiger partial charge in [0.25, 0.3) is 0 Å². The van der Waals surface area contributed by atoms with Crippen molar-refractivity contribution in [2.45, 2.75) is 0 Å². The van der Waals surface area contributed by atoms with Crippen LogP contribution in [0.25, 0.3) is 97.0 Å². The molecule has 0 radical (unpaired) electrons. The van der Waals surface area contributed by atoms with Gasteiger partial charge in [0.1, 0.15) is 0 Å². The third-order valence-corrected chi connectivity index (χ3v) is 13.8. The molecule has 0 bridgehead atoms. The van der Waals surface area contributed by atoms with Gasteiger partial charge in [0, 0.05) is 33.5 Å². The molecular weight excluding hydrogens is 773 g/mol. The maximum Gasteiger partial charge on any atom is 0.0540 e. The van der Waals surface area contributed by atoms with Crippen LogP contribution in [0.5, 0.6) is 0 Å². The SMILES string of the molecule is c1ccc(N(c2ccc3c4ccc(N(c5ccccc5)c5ccc6ccc7cccc8ccc5c6c78)cc4c4ccccc4c3c2)c2ccc3ccc4cccc5ccc2c3c45)cc1. The minimum Gasteiger partial charge on any atom is -0.310 e. The van der Waals surface area contributed by atoms with Gasteiger partial charge in [0.05, 0.1) is 11.4 Å². The second-order valence-electron chi connectivity index (χ2n) is 17.2. The number of hydrogen-bond acceptors (Lipinski definition) is 2. The topological polar surface area (TPSA) is 6.48 Å². The van der Waals surface area contributed by atoms with Crippen LogP contribution in [0.3, 0.4) is 0 Å². The zero-order valence-corrected chi connectivity index (χ0v) is 34.8. The van der Waals surface area contributed by atoms with Gasteiger partial charge in [-0.15, -0.1) is 0 Å². The molecule has 14 rings (SSSR count). The fraction of sp³-hybridized carbons (Fsp3) is 0. The predicted octanol–water partition coefficient (Wildman–Crippen LogP) is 17.9. The second kappa shape index (κ2) is 13.5. The smallest absolute Gasteiger partial charge is 0.0540 e.